The van der Waals surface area contributed by atoms with Gasteiger partial charge < -0.3 is 9.88 Å². The van der Waals surface area contributed by atoms with E-state index in [0.717, 1.165) is 24.3 Å². The highest BCUT2D eigenvalue weighted by Gasteiger charge is 2.20. The Morgan fingerprint density at radius 1 is 1.50 bits per heavy atom. The van der Waals surface area contributed by atoms with Gasteiger partial charge in [0, 0.05) is 25.7 Å². The first kappa shape index (κ1) is 9.78. The molecule has 2 aromatic rings. The van der Waals surface area contributed by atoms with Crippen molar-refractivity contribution in [2.75, 3.05) is 13.1 Å². The molecule has 0 amide bonds. The first-order valence-corrected chi connectivity index (χ1v) is 5.84. The number of aryl methyl sites for hydroxylation is 1. The van der Waals surface area contributed by atoms with Crippen molar-refractivity contribution in [3.63, 3.8) is 0 Å². The molecular weight excluding hydrogens is 200 g/mol. The highest BCUT2D eigenvalue weighted by molar-refractivity contribution is 5.71. The lowest BCUT2D eigenvalue weighted by molar-refractivity contribution is 0.440. The molecule has 0 spiro atoms. The summed E-state index contributed by atoms with van der Waals surface area (Å²) >= 11 is 0. The second kappa shape index (κ2) is 3.87. The van der Waals surface area contributed by atoms with Crippen LogP contribution in [0.4, 0.5) is 0 Å². The standard InChI is InChI=1S/C12H16N4/c1-16-11(9-4-2-6-13-8-9)15-10-5-3-7-14-12(10)16/h3,5,7,9,13H,2,4,6,8H2,1H3/t9-/m0/s1. The normalized spacial score (nSPS) is 21.4. The van der Waals surface area contributed by atoms with Crippen molar-refractivity contribution in [3.05, 3.63) is 24.2 Å². The molecule has 1 fully saturated rings. The van der Waals surface area contributed by atoms with Gasteiger partial charge in [0.25, 0.3) is 0 Å². The molecule has 1 N–H and O–H groups in total. The summed E-state index contributed by atoms with van der Waals surface area (Å²) in [4.78, 5) is 9.07. The van der Waals surface area contributed by atoms with Crippen molar-refractivity contribution >= 4 is 11.2 Å². The van der Waals surface area contributed by atoms with E-state index in [1.54, 1.807) is 0 Å². The third-order valence-corrected chi connectivity index (χ3v) is 3.32. The van der Waals surface area contributed by atoms with Gasteiger partial charge in [-0.2, -0.15) is 0 Å². The maximum atomic E-state index is 4.70. The van der Waals surface area contributed by atoms with Crippen LogP contribution in [0.1, 0.15) is 24.6 Å². The quantitative estimate of drug-likeness (QED) is 0.784. The Balaban J connectivity index is 2.05. The van der Waals surface area contributed by atoms with E-state index in [0.29, 0.717) is 5.92 Å². The first-order chi connectivity index (χ1) is 7.86. The lowest BCUT2D eigenvalue weighted by Gasteiger charge is -2.22. The Labute approximate surface area is 94.7 Å². The number of piperidine rings is 1. The summed E-state index contributed by atoms with van der Waals surface area (Å²) in [7, 11) is 2.06. The minimum absolute atomic E-state index is 0.535. The van der Waals surface area contributed by atoms with Crippen LogP contribution < -0.4 is 5.32 Å². The van der Waals surface area contributed by atoms with E-state index in [1.807, 2.05) is 18.3 Å². The van der Waals surface area contributed by atoms with Gasteiger partial charge in [-0.1, -0.05) is 0 Å². The van der Waals surface area contributed by atoms with Crippen LogP contribution in [0.15, 0.2) is 18.3 Å². The van der Waals surface area contributed by atoms with Gasteiger partial charge in [0.1, 0.15) is 11.3 Å². The molecule has 1 aliphatic heterocycles. The zero-order chi connectivity index (χ0) is 11.0. The summed E-state index contributed by atoms with van der Waals surface area (Å²) in [6, 6.07) is 3.97. The fourth-order valence-electron chi connectivity index (χ4n) is 2.48. The van der Waals surface area contributed by atoms with Gasteiger partial charge in [0.2, 0.25) is 0 Å². The molecule has 0 aromatic carbocycles. The number of fused-ring (bicyclic) bond motifs is 1. The Bertz CT molecular complexity index is 497. The number of aromatic nitrogens is 3. The highest BCUT2D eigenvalue weighted by atomic mass is 15.1. The second-order valence-electron chi connectivity index (χ2n) is 4.42. The molecule has 4 nitrogen and oxygen atoms in total. The van der Waals surface area contributed by atoms with Gasteiger partial charge in [-0.3, -0.25) is 0 Å². The summed E-state index contributed by atoms with van der Waals surface area (Å²) in [5.74, 6) is 1.70. The molecule has 1 aliphatic rings. The number of nitrogens with zero attached hydrogens (tertiary/aromatic N) is 3. The van der Waals surface area contributed by atoms with Gasteiger partial charge in [0.15, 0.2) is 5.65 Å². The smallest absolute Gasteiger partial charge is 0.159 e. The van der Waals surface area contributed by atoms with E-state index >= 15 is 0 Å². The molecule has 84 valence electrons. The molecule has 1 saturated heterocycles. The van der Waals surface area contributed by atoms with E-state index in [4.69, 9.17) is 4.98 Å². The van der Waals surface area contributed by atoms with Gasteiger partial charge in [0.05, 0.1) is 0 Å². The zero-order valence-corrected chi connectivity index (χ0v) is 9.48. The number of pyridine rings is 1. The minimum atomic E-state index is 0.535. The van der Waals surface area contributed by atoms with Crippen LogP contribution in [0.25, 0.3) is 11.2 Å². The summed E-state index contributed by atoms with van der Waals surface area (Å²) in [5.41, 5.74) is 1.99. The molecule has 0 aliphatic carbocycles. The fraction of sp³-hybridized carbons (Fsp3) is 0.500. The number of hydrogen-bond acceptors (Lipinski definition) is 3. The van der Waals surface area contributed by atoms with Crippen molar-refractivity contribution in [2.24, 2.45) is 7.05 Å². The van der Waals surface area contributed by atoms with Crippen LogP contribution in [0, 0.1) is 0 Å². The lowest BCUT2D eigenvalue weighted by Crippen LogP contribution is -2.29. The average Bonchev–Trinajstić information content (AvgIpc) is 2.69. The van der Waals surface area contributed by atoms with Crippen molar-refractivity contribution in [2.45, 2.75) is 18.8 Å². The molecule has 3 rings (SSSR count). The van der Waals surface area contributed by atoms with Crippen LogP contribution in [0.2, 0.25) is 0 Å². The van der Waals surface area contributed by atoms with Crippen LogP contribution in [0.3, 0.4) is 0 Å². The molecule has 0 unspecified atom stereocenters. The summed E-state index contributed by atoms with van der Waals surface area (Å²) in [6.45, 7) is 2.18. The van der Waals surface area contributed by atoms with E-state index < -0.39 is 0 Å². The monoisotopic (exact) mass is 216 g/mol. The molecule has 0 bridgehead atoms. The Kier molecular flexibility index (Phi) is 2.36. The Morgan fingerprint density at radius 2 is 2.44 bits per heavy atom. The molecule has 3 heterocycles. The van der Waals surface area contributed by atoms with Gasteiger partial charge >= 0.3 is 0 Å². The topological polar surface area (TPSA) is 42.7 Å². The number of imidazole rings is 1. The maximum absolute atomic E-state index is 4.70. The third-order valence-electron chi connectivity index (χ3n) is 3.32. The SMILES string of the molecule is Cn1c([C@H]2CCCNC2)nc2cccnc21. The lowest BCUT2D eigenvalue weighted by atomic mass is 9.99. The van der Waals surface area contributed by atoms with Crippen LogP contribution in [-0.2, 0) is 7.05 Å². The number of nitrogens with one attached hydrogen (secondary N) is 1. The van der Waals surface area contributed by atoms with Gasteiger partial charge in [-0.05, 0) is 31.5 Å². The van der Waals surface area contributed by atoms with E-state index in [-0.39, 0.29) is 0 Å². The van der Waals surface area contributed by atoms with E-state index in [9.17, 15) is 0 Å². The molecule has 16 heavy (non-hydrogen) atoms. The largest absolute Gasteiger partial charge is 0.316 e. The van der Waals surface area contributed by atoms with E-state index in [1.165, 1.54) is 18.7 Å². The average molecular weight is 216 g/mol. The predicted octanol–water partition coefficient (Wildman–Crippen LogP) is 1.44. The van der Waals surface area contributed by atoms with Crippen LogP contribution in [-0.4, -0.2) is 27.6 Å². The Hall–Kier alpha value is -1.42. The molecule has 4 heteroatoms. The van der Waals surface area contributed by atoms with Crippen LogP contribution >= 0.6 is 0 Å². The second-order valence-corrected chi connectivity index (χ2v) is 4.42. The molecule has 2 aromatic heterocycles. The molecule has 0 saturated carbocycles. The predicted molar refractivity (Wildman–Crippen MR) is 63.4 cm³/mol. The summed E-state index contributed by atoms with van der Waals surface area (Å²) < 4.78 is 2.13. The third kappa shape index (κ3) is 1.50. The van der Waals surface area contributed by atoms with Crippen molar-refractivity contribution in [1.29, 1.82) is 0 Å². The van der Waals surface area contributed by atoms with Gasteiger partial charge in [-0.15, -0.1) is 0 Å². The zero-order valence-electron chi connectivity index (χ0n) is 9.48. The maximum Gasteiger partial charge on any atom is 0.159 e. The van der Waals surface area contributed by atoms with Crippen molar-refractivity contribution < 1.29 is 0 Å². The molecule has 1 atom stereocenters. The highest BCUT2D eigenvalue weighted by Crippen LogP contribution is 2.24. The first-order valence-electron chi connectivity index (χ1n) is 5.84. The number of rotatable bonds is 1. The molecular formula is C12H16N4. The van der Waals surface area contributed by atoms with Crippen molar-refractivity contribution in [3.8, 4) is 0 Å². The van der Waals surface area contributed by atoms with Crippen molar-refractivity contribution in [1.82, 2.24) is 19.9 Å². The Morgan fingerprint density at radius 3 is 3.19 bits per heavy atom. The fourth-order valence-corrected chi connectivity index (χ4v) is 2.48. The van der Waals surface area contributed by atoms with E-state index in [2.05, 4.69) is 21.9 Å². The minimum Gasteiger partial charge on any atom is -0.316 e. The number of hydrogen-bond donors (Lipinski definition) is 1. The van der Waals surface area contributed by atoms with Gasteiger partial charge in [-0.25, -0.2) is 9.97 Å². The summed E-state index contributed by atoms with van der Waals surface area (Å²) in [5, 5.41) is 3.43. The summed E-state index contributed by atoms with van der Waals surface area (Å²) in [6.07, 6.45) is 4.29. The molecule has 0 radical (unpaired) electrons. The van der Waals surface area contributed by atoms with Crippen LogP contribution in [0.5, 0.6) is 0 Å².